The van der Waals surface area contributed by atoms with E-state index in [4.69, 9.17) is 4.74 Å². The molecule has 2 rings (SSSR count). The molecule has 22 heavy (non-hydrogen) atoms. The summed E-state index contributed by atoms with van der Waals surface area (Å²) in [5.74, 6) is 1.56. The van der Waals surface area contributed by atoms with E-state index in [1.807, 2.05) is 34.9 Å². The molecular weight excluding hydrogens is 280 g/mol. The van der Waals surface area contributed by atoms with Crippen molar-refractivity contribution < 1.29 is 4.74 Å². The molecule has 0 saturated heterocycles. The average molecular weight is 302 g/mol. The Hall–Kier alpha value is -2.41. The number of methoxy groups -OCH3 is 1. The Morgan fingerprint density at radius 1 is 1.27 bits per heavy atom. The third-order valence-corrected chi connectivity index (χ3v) is 3.11. The van der Waals surface area contributed by atoms with Crippen molar-refractivity contribution in [2.24, 2.45) is 4.99 Å². The van der Waals surface area contributed by atoms with Crippen LogP contribution in [0.15, 0.2) is 41.7 Å². The van der Waals surface area contributed by atoms with Crippen molar-refractivity contribution in [3.8, 4) is 5.69 Å². The van der Waals surface area contributed by atoms with Gasteiger partial charge in [0.05, 0.1) is 6.54 Å². The summed E-state index contributed by atoms with van der Waals surface area (Å²) in [7, 11) is 3.44. The van der Waals surface area contributed by atoms with Crippen molar-refractivity contribution in [1.29, 1.82) is 0 Å². The van der Waals surface area contributed by atoms with Gasteiger partial charge in [0.2, 0.25) is 0 Å². The molecule has 0 saturated carbocycles. The van der Waals surface area contributed by atoms with Crippen molar-refractivity contribution >= 4 is 5.96 Å². The Labute approximate surface area is 130 Å². The van der Waals surface area contributed by atoms with Crippen LogP contribution in [0.25, 0.3) is 5.69 Å². The van der Waals surface area contributed by atoms with Gasteiger partial charge in [-0.3, -0.25) is 9.56 Å². The van der Waals surface area contributed by atoms with Crippen molar-refractivity contribution in [2.45, 2.75) is 13.0 Å². The minimum atomic E-state index is 0.541. The van der Waals surface area contributed by atoms with Crippen LogP contribution in [0.5, 0.6) is 0 Å². The number of nitrogens with one attached hydrogen (secondary N) is 2. The third-order valence-electron chi connectivity index (χ3n) is 3.11. The quantitative estimate of drug-likeness (QED) is 0.453. The Balaban J connectivity index is 1.90. The molecule has 7 nitrogen and oxygen atoms in total. The van der Waals surface area contributed by atoms with E-state index >= 15 is 0 Å². The molecule has 0 unspecified atom stereocenters. The molecule has 0 atom stereocenters. The summed E-state index contributed by atoms with van der Waals surface area (Å²) in [6, 6.07) is 10.00. The molecule has 0 aliphatic rings. The first-order valence-corrected chi connectivity index (χ1v) is 7.23. The minimum Gasteiger partial charge on any atom is -0.385 e. The number of ether oxygens (including phenoxy) is 1. The monoisotopic (exact) mass is 302 g/mol. The molecule has 7 heteroatoms. The molecule has 0 radical (unpaired) electrons. The van der Waals surface area contributed by atoms with Crippen molar-refractivity contribution in [3.63, 3.8) is 0 Å². The second-order valence-electron chi connectivity index (χ2n) is 4.65. The van der Waals surface area contributed by atoms with Crippen molar-refractivity contribution in [3.05, 3.63) is 42.5 Å². The molecule has 0 aliphatic carbocycles. The van der Waals surface area contributed by atoms with E-state index in [9.17, 15) is 0 Å². The molecule has 2 N–H and O–H groups in total. The van der Waals surface area contributed by atoms with Gasteiger partial charge in [-0.05, 0) is 18.6 Å². The Kier molecular flexibility index (Phi) is 6.38. The second-order valence-corrected chi connectivity index (χ2v) is 4.65. The molecule has 0 aliphatic heterocycles. The predicted molar refractivity (Wildman–Crippen MR) is 86.1 cm³/mol. The first-order valence-electron chi connectivity index (χ1n) is 7.23. The van der Waals surface area contributed by atoms with Crippen LogP contribution in [0.1, 0.15) is 12.2 Å². The SMILES string of the molecule is CN=C(NCCCOC)NCc1nncn1-c1ccccc1. The van der Waals surface area contributed by atoms with E-state index < -0.39 is 0 Å². The summed E-state index contributed by atoms with van der Waals surface area (Å²) < 4.78 is 6.97. The van der Waals surface area contributed by atoms with Crippen LogP contribution in [0.3, 0.4) is 0 Å². The fourth-order valence-corrected chi connectivity index (χ4v) is 1.99. The highest BCUT2D eigenvalue weighted by molar-refractivity contribution is 5.79. The van der Waals surface area contributed by atoms with Gasteiger partial charge in [-0.15, -0.1) is 10.2 Å². The highest BCUT2D eigenvalue weighted by atomic mass is 16.5. The summed E-state index contributed by atoms with van der Waals surface area (Å²) in [5, 5.41) is 14.6. The van der Waals surface area contributed by atoms with Gasteiger partial charge in [0.1, 0.15) is 6.33 Å². The molecule has 0 amide bonds. The van der Waals surface area contributed by atoms with Crippen LogP contribution in [0, 0.1) is 0 Å². The molecule has 118 valence electrons. The fraction of sp³-hybridized carbons (Fsp3) is 0.400. The van der Waals surface area contributed by atoms with Gasteiger partial charge in [0.15, 0.2) is 11.8 Å². The first kappa shape index (κ1) is 16.0. The first-order chi connectivity index (χ1) is 10.8. The van der Waals surface area contributed by atoms with Crippen LogP contribution < -0.4 is 10.6 Å². The zero-order valence-electron chi connectivity index (χ0n) is 13.0. The average Bonchev–Trinajstić information content (AvgIpc) is 3.03. The van der Waals surface area contributed by atoms with Gasteiger partial charge in [-0.25, -0.2) is 0 Å². The number of guanidine groups is 1. The maximum absolute atomic E-state index is 5.02. The van der Waals surface area contributed by atoms with Crippen LogP contribution in [0.2, 0.25) is 0 Å². The molecule has 2 aromatic rings. The van der Waals surface area contributed by atoms with E-state index in [2.05, 4.69) is 25.8 Å². The van der Waals surface area contributed by atoms with Crippen molar-refractivity contribution in [2.75, 3.05) is 27.3 Å². The minimum absolute atomic E-state index is 0.541. The Morgan fingerprint density at radius 3 is 2.82 bits per heavy atom. The number of benzene rings is 1. The summed E-state index contributed by atoms with van der Waals surface area (Å²) in [6.07, 6.45) is 2.64. The molecule has 0 fully saturated rings. The summed E-state index contributed by atoms with van der Waals surface area (Å²) >= 11 is 0. The van der Waals surface area contributed by atoms with Gasteiger partial charge < -0.3 is 15.4 Å². The highest BCUT2D eigenvalue weighted by Gasteiger charge is 2.06. The number of rotatable bonds is 7. The van der Waals surface area contributed by atoms with Crippen LogP contribution in [-0.2, 0) is 11.3 Å². The lowest BCUT2D eigenvalue weighted by molar-refractivity contribution is 0.195. The standard InChI is InChI=1S/C15H22N6O/c1-16-15(17-9-6-10-22-2)18-11-14-20-19-12-21(14)13-7-4-3-5-8-13/h3-5,7-8,12H,6,9-11H2,1-2H3,(H2,16,17,18). The van der Waals surface area contributed by atoms with E-state index in [1.165, 1.54) is 0 Å². The maximum atomic E-state index is 5.02. The number of nitrogens with zero attached hydrogens (tertiary/aromatic N) is 4. The lowest BCUT2D eigenvalue weighted by atomic mass is 10.3. The van der Waals surface area contributed by atoms with E-state index in [-0.39, 0.29) is 0 Å². The summed E-state index contributed by atoms with van der Waals surface area (Å²) in [4.78, 5) is 4.18. The largest absolute Gasteiger partial charge is 0.385 e. The van der Waals surface area contributed by atoms with Gasteiger partial charge in [-0.1, -0.05) is 18.2 Å². The van der Waals surface area contributed by atoms with E-state index in [0.717, 1.165) is 37.0 Å². The Bertz CT molecular complexity index is 581. The molecular formula is C15H22N6O. The maximum Gasteiger partial charge on any atom is 0.191 e. The van der Waals surface area contributed by atoms with Gasteiger partial charge in [-0.2, -0.15) is 0 Å². The number of hydrogen-bond donors (Lipinski definition) is 2. The van der Waals surface area contributed by atoms with Crippen molar-refractivity contribution in [1.82, 2.24) is 25.4 Å². The molecule has 1 aromatic carbocycles. The second kappa shape index (κ2) is 8.78. The fourth-order valence-electron chi connectivity index (χ4n) is 1.99. The van der Waals surface area contributed by atoms with Gasteiger partial charge in [0, 0.05) is 33.0 Å². The smallest absolute Gasteiger partial charge is 0.191 e. The topological polar surface area (TPSA) is 76.4 Å². The highest BCUT2D eigenvalue weighted by Crippen LogP contribution is 2.08. The zero-order valence-corrected chi connectivity index (χ0v) is 13.0. The lowest BCUT2D eigenvalue weighted by Crippen LogP contribution is -2.38. The zero-order chi connectivity index (χ0) is 15.6. The third kappa shape index (κ3) is 4.56. The number of aliphatic imine (C=N–C) groups is 1. The molecule has 0 bridgehead atoms. The van der Waals surface area contributed by atoms with Gasteiger partial charge in [0.25, 0.3) is 0 Å². The predicted octanol–water partition coefficient (Wildman–Crippen LogP) is 0.969. The van der Waals surface area contributed by atoms with E-state index in [1.54, 1.807) is 20.5 Å². The number of para-hydroxylation sites is 1. The number of aromatic nitrogens is 3. The molecule has 1 aromatic heterocycles. The lowest BCUT2D eigenvalue weighted by Gasteiger charge is -2.12. The number of hydrogen-bond acceptors (Lipinski definition) is 4. The van der Waals surface area contributed by atoms with Crippen LogP contribution in [0.4, 0.5) is 0 Å². The summed E-state index contributed by atoms with van der Waals surface area (Å²) in [5.41, 5.74) is 1.03. The van der Waals surface area contributed by atoms with Gasteiger partial charge >= 0.3 is 0 Å². The normalized spacial score (nSPS) is 11.5. The van der Waals surface area contributed by atoms with Crippen LogP contribution in [-0.4, -0.2) is 48.0 Å². The Morgan fingerprint density at radius 2 is 2.09 bits per heavy atom. The van der Waals surface area contributed by atoms with Crippen LogP contribution >= 0.6 is 0 Å². The molecule has 0 spiro atoms. The van der Waals surface area contributed by atoms with E-state index in [0.29, 0.717) is 6.54 Å². The molecule has 1 heterocycles. The summed E-state index contributed by atoms with van der Waals surface area (Å²) in [6.45, 7) is 2.07.